The fourth-order valence-electron chi connectivity index (χ4n) is 0.540. The Bertz CT molecular complexity index is 262. The van der Waals surface area contributed by atoms with Gasteiger partial charge in [-0.3, -0.25) is 4.79 Å². The minimum absolute atomic E-state index is 0.0918. The summed E-state index contributed by atoms with van der Waals surface area (Å²) in [6.07, 6.45) is 1.67. The number of carboxylic acids is 1. The normalized spacial score (nSPS) is 13.4. The molecule has 0 aromatic carbocycles. The molecule has 0 aliphatic carbocycles. The van der Waals surface area contributed by atoms with Gasteiger partial charge in [0.25, 0.3) is 0 Å². The smallest absolute Gasteiger partial charge is 0.409 e. The third-order valence-corrected chi connectivity index (χ3v) is 1.05. The second-order valence-corrected chi connectivity index (χ2v) is 2.31. The van der Waals surface area contributed by atoms with Crippen LogP contribution in [0.2, 0.25) is 0 Å². The van der Waals surface area contributed by atoms with E-state index in [0.717, 1.165) is 6.08 Å². The topological polar surface area (TPSA) is 37.3 Å². The van der Waals surface area contributed by atoms with E-state index in [-0.39, 0.29) is 12.5 Å². The predicted octanol–water partition coefficient (Wildman–Crippen LogP) is 2.69. The van der Waals surface area contributed by atoms with Gasteiger partial charge in [-0.15, -0.1) is 0 Å². The first-order valence-electron chi connectivity index (χ1n) is 3.71. The number of allylic oxidation sites excluding steroid dienone is 5. The molecule has 0 spiro atoms. The predicted molar refractivity (Wildman–Crippen MR) is 45.7 cm³/mol. The van der Waals surface area contributed by atoms with Crippen LogP contribution in [0.25, 0.3) is 0 Å². The van der Waals surface area contributed by atoms with E-state index in [1.54, 1.807) is 0 Å². The number of aliphatic carboxylic acids is 1. The summed E-state index contributed by atoms with van der Waals surface area (Å²) in [5, 5.41) is 8.18. The van der Waals surface area contributed by atoms with Gasteiger partial charge in [-0.2, -0.15) is 13.2 Å². The summed E-state index contributed by atoms with van der Waals surface area (Å²) in [5.41, 5.74) is 0. The van der Waals surface area contributed by atoms with Crippen molar-refractivity contribution in [2.45, 2.75) is 12.6 Å². The first kappa shape index (κ1) is 12.5. The molecule has 2 nitrogen and oxygen atoms in total. The third kappa shape index (κ3) is 10.5. The van der Waals surface area contributed by atoms with Crippen molar-refractivity contribution in [3.05, 3.63) is 36.5 Å². The van der Waals surface area contributed by atoms with Gasteiger partial charge >= 0.3 is 12.1 Å². The zero-order chi connectivity index (χ0) is 11.0. The molecule has 0 bridgehead atoms. The Morgan fingerprint density at radius 2 is 1.71 bits per heavy atom. The molecule has 0 rings (SSSR count). The Morgan fingerprint density at radius 1 is 1.14 bits per heavy atom. The molecule has 0 radical (unpaired) electrons. The van der Waals surface area contributed by atoms with Crippen LogP contribution in [0.15, 0.2) is 36.5 Å². The summed E-state index contributed by atoms with van der Waals surface area (Å²) in [6, 6.07) is 0. The van der Waals surface area contributed by atoms with Crippen molar-refractivity contribution in [1.29, 1.82) is 0 Å². The van der Waals surface area contributed by atoms with Crippen molar-refractivity contribution < 1.29 is 23.1 Å². The highest BCUT2D eigenvalue weighted by atomic mass is 19.4. The summed E-state index contributed by atoms with van der Waals surface area (Å²) in [4.78, 5) is 9.98. The van der Waals surface area contributed by atoms with Crippen LogP contribution in [0.5, 0.6) is 0 Å². The van der Waals surface area contributed by atoms with Gasteiger partial charge in [0.1, 0.15) is 0 Å². The Labute approximate surface area is 79.0 Å². The monoisotopic (exact) mass is 206 g/mol. The van der Waals surface area contributed by atoms with E-state index in [1.165, 1.54) is 24.3 Å². The molecule has 0 aromatic heterocycles. The summed E-state index contributed by atoms with van der Waals surface area (Å²) in [7, 11) is 0. The molecular weight excluding hydrogens is 197 g/mol. The summed E-state index contributed by atoms with van der Waals surface area (Å²) in [5.74, 6) is -0.986. The largest absolute Gasteiger partial charge is 0.481 e. The van der Waals surface area contributed by atoms with E-state index in [0.29, 0.717) is 0 Å². The minimum atomic E-state index is -4.31. The highest BCUT2D eigenvalue weighted by Gasteiger charge is 2.20. The Hall–Kier alpha value is -1.52. The van der Waals surface area contributed by atoms with E-state index in [2.05, 4.69) is 0 Å². The van der Waals surface area contributed by atoms with Crippen molar-refractivity contribution in [3.63, 3.8) is 0 Å². The van der Waals surface area contributed by atoms with Gasteiger partial charge < -0.3 is 5.11 Å². The van der Waals surface area contributed by atoms with Crippen LogP contribution in [0.1, 0.15) is 6.42 Å². The summed E-state index contributed by atoms with van der Waals surface area (Å²) in [6.45, 7) is 0. The summed E-state index contributed by atoms with van der Waals surface area (Å²) < 4.78 is 34.6. The van der Waals surface area contributed by atoms with Crippen LogP contribution in [0.4, 0.5) is 13.2 Å². The SMILES string of the molecule is O=C(O)C/C=C/C=C\C=C\C(F)(F)F. The van der Waals surface area contributed by atoms with Crippen LogP contribution >= 0.6 is 0 Å². The second kappa shape index (κ2) is 6.01. The minimum Gasteiger partial charge on any atom is -0.481 e. The third-order valence-electron chi connectivity index (χ3n) is 1.05. The van der Waals surface area contributed by atoms with Crippen molar-refractivity contribution in [2.75, 3.05) is 0 Å². The second-order valence-electron chi connectivity index (χ2n) is 2.31. The maximum absolute atomic E-state index is 11.5. The van der Waals surface area contributed by atoms with E-state index in [4.69, 9.17) is 5.11 Å². The average Bonchev–Trinajstić information content (AvgIpc) is 2.00. The van der Waals surface area contributed by atoms with Crippen molar-refractivity contribution in [2.24, 2.45) is 0 Å². The molecule has 0 heterocycles. The number of hydrogen-bond donors (Lipinski definition) is 1. The molecule has 0 saturated heterocycles. The van der Waals surface area contributed by atoms with Gasteiger partial charge in [-0.1, -0.05) is 30.4 Å². The molecule has 1 N–H and O–H groups in total. The number of alkyl halides is 3. The molecule has 0 fully saturated rings. The average molecular weight is 206 g/mol. The van der Waals surface area contributed by atoms with Crippen LogP contribution in [-0.2, 0) is 4.79 Å². The van der Waals surface area contributed by atoms with Gasteiger partial charge in [-0.25, -0.2) is 0 Å². The first-order chi connectivity index (χ1) is 6.42. The fourth-order valence-corrected chi connectivity index (χ4v) is 0.540. The molecule has 0 atom stereocenters. The van der Waals surface area contributed by atoms with Crippen LogP contribution < -0.4 is 0 Å². The van der Waals surface area contributed by atoms with Gasteiger partial charge in [0.05, 0.1) is 6.42 Å². The van der Waals surface area contributed by atoms with Gasteiger partial charge in [0.15, 0.2) is 0 Å². The molecule has 0 unspecified atom stereocenters. The summed E-state index contributed by atoms with van der Waals surface area (Å²) >= 11 is 0. The first-order valence-corrected chi connectivity index (χ1v) is 3.71. The van der Waals surface area contributed by atoms with Crippen LogP contribution in [0.3, 0.4) is 0 Å². The lowest BCUT2D eigenvalue weighted by molar-refractivity contribution is -0.136. The maximum Gasteiger partial charge on any atom is 0.409 e. The number of carbonyl (C=O) groups is 1. The lowest BCUT2D eigenvalue weighted by Gasteiger charge is -1.94. The zero-order valence-corrected chi connectivity index (χ0v) is 7.16. The number of carboxylic acid groups (broad SMARTS) is 1. The highest BCUT2D eigenvalue weighted by molar-refractivity contribution is 5.68. The van der Waals surface area contributed by atoms with Gasteiger partial charge in [0, 0.05) is 6.08 Å². The molecule has 0 aliphatic heterocycles. The number of rotatable bonds is 4. The molecule has 0 saturated carbocycles. The van der Waals surface area contributed by atoms with E-state index < -0.39 is 12.1 Å². The molecular formula is C9H9F3O2. The van der Waals surface area contributed by atoms with E-state index >= 15 is 0 Å². The maximum atomic E-state index is 11.5. The standard InChI is InChI=1S/C9H9F3O2/c10-9(11,12)7-5-3-1-2-4-6-8(13)14/h1-5,7H,6H2,(H,13,14)/b3-1-,4-2+,7-5+. The molecule has 0 amide bonds. The lowest BCUT2D eigenvalue weighted by atomic mass is 10.3. The quantitative estimate of drug-likeness (QED) is 0.718. The Balaban J connectivity index is 3.80. The highest BCUT2D eigenvalue weighted by Crippen LogP contribution is 2.15. The Morgan fingerprint density at radius 3 is 2.21 bits per heavy atom. The van der Waals surface area contributed by atoms with E-state index in [1.807, 2.05) is 0 Å². The molecule has 0 aromatic rings. The number of hydrogen-bond acceptors (Lipinski definition) is 1. The fraction of sp³-hybridized carbons (Fsp3) is 0.222. The van der Waals surface area contributed by atoms with Crippen molar-refractivity contribution >= 4 is 5.97 Å². The molecule has 78 valence electrons. The molecule has 5 heteroatoms. The lowest BCUT2D eigenvalue weighted by Crippen LogP contribution is -1.99. The zero-order valence-electron chi connectivity index (χ0n) is 7.16. The molecule has 14 heavy (non-hydrogen) atoms. The van der Waals surface area contributed by atoms with Crippen LogP contribution in [0, 0.1) is 0 Å². The van der Waals surface area contributed by atoms with E-state index in [9.17, 15) is 18.0 Å². The van der Waals surface area contributed by atoms with Crippen LogP contribution in [-0.4, -0.2) is 17.3 Å². The van der Waals surface area contributed by atoms with Gasteiger partial charge in [-0.05, 0) is 0 Å². The molecule has 0 aliphatic rings. The van der Waals surface area contributed by atoms with Crippen molar-refractivity contribution in [1.82, 2.24) is 0 Å². The number of halogens is 3. The Kier molecular flexibility index (Phi) is 5.36. The van der Waals surface area contributed by atoms with Crippen molar-refractivity contribution in [3.8, 4) is 0 Å². The van der Waals surface area contributed by atoms with Gasteiger partial charge in [0.2, 0.25) is 0 Å².